The van der Waals surface area contributed by atoms with Crippen LogP contribution in [0.15, 0.2) is 66.9 Å². The van der Waals surface area contributed by atoms with E-state index in [1.54, 1.807) is 38.4 Å². The van der Waals surface area contributed by atoms with E-state index >= 15 is 0 Å². The number of ether oxygens (including phenoxy) is 2. The zero-order chi connectivity index (χ0) is 41.6. The molecule has 2 aliphatic heterocycles. The van der Waals surface area contributed by atoms with Crippen LogP contribution >= 0.6 is 0 Å². The molecule has 2 aliphatic carbocycles. The van der Waals surface area contributed by atoms with Gasteiger partial charge in [0.15, 0.2) is 0 Å². The Bertz CT molecular complexity index is 2220. The highest BCUT2D eigenvalue weighted by Crippen LogP contribution is 2.47. The number of carbonyl (C=O) groups excluding carboxylic acids is 4. The van der Waals surface area contributed by atoms with Crippen LogP contribution in [0.1, 0.15) is 76.1 Å². The number of hydrogen-bond acceptors (Lipinski definition) is 10. The molecule has 3 aromatic rings. The molecule has 7 rings (SSSR count). The van der Waals surface area contributed by atoms with Gasteiger partial charge in [-0.25, -0.2) is 13.4 Å². The fourth-order valence-corrected chi connectivity index (χ4v) is 9.55. The van der Waals surface area contributed by atoms with Gasteiger partial charge in [-0.1, -0.05) is 26.0 Å². The number of rotatable bonds is 9. The number of pyridine rings is 1. The third-order valence-corrected chi connectivity index (χ3v) is 14.6. The van der Waals surface area contributed by atoms with E-state index in [1.165, 1.54) is 4.90 Å². The maximum absolute atomic E-state index is 15.0. The molecular weight excluding hydrogens is 761 g/mol. The molecule has 0 radical (unpaired) electrons. The molecular formula is C43H54N6O8S. The number of methoxy groups -OCH3 is 1. The molecule has 14 nitrogen and oxygen atoms in total. The summed E-state index contributed by atoms with van der Waals surface area (Å²) in [5, 5.41) is 7.49. The Morgan fingerprint density at radius 2 is 1.78 bits per heavy atom. The second-order valence-corrected chi connectivity index (χ2v) is 19.3. The lowest BCUT2D eigenvalue weighted by Crippen LogP contribution is -2.59. The van der Waals surface area contributed by atoms with Crippen molar-refractivity contribution < 1.29 is 37.1 Å². The van der Waals surface area contributed by atoms with E-state index in [2.05, 4.69) is 27.3 Å². The molecule has 1 aromatic heterocycles. The van der Waals surface area contributed by atoms with Crippen LogP contribution in [0, 0.1) is 17.8 Å². The number of carbonyl (C=O) groups is 4. The molecule has 58 heavy (non-hydrogen) atoms. The highest BCUT2D eigenvalue weighted by Gasteiger charge is 2.63. The molecule has 3 fully saturated rings. The van der Waals surface area contributed by atoms with Gasteiger partial charge in [0, 0.05) is 49.3 Å². The van der Waals surface area contributed by atoms with Crippen LogP contribution in [0.4, 0.5) is 5.69 Å². The Kier molecular flexibility index (Phi) is 11.2. The van der Waals surface area contributed by atoms with Crippen molar-refractivity contribution >= 4 is 50.1 Å². The molecule has 3 heterocycles. The first-order valence-electron chi connectivity index (χ1n) is 20.1. The summed E-state index contributed by atoms with van der Waals surface area (Å²) < 4.78 is 39.6. The van der Waals surface area contributed by atoms with Gasteiger partial charge in [-0.15, -0.1) is 0 Å². The number of allylic oxidation sites excluding steroid dienone is 1. The topological polar surface area (TPSA) is 176 Å². The van der Waals surface area contributed by atoms with E-state index in [4.69, 9.17) is 9.47 Å². The van der Waals surface area contributed by atoms with Crippen molar-refractivity contribution in [3.8, 4) is 11.6 Å². The van der Waals surface area contributed by atoms with Crippen molar-refractivity contribution in [1.82, 2.24) is 25.2 Å². The molecule has 1 unspecified atom stereocenters. The molecule has 7 atom stereocenters. The minimum atomic E-state index is -4.00. The number of nitrogens with one attached hydrogen (secondary N) is 3. The van der Waals surface area contributed by atoms with E-state index in [1.807, 2.05) is 68.4 Å². The van der Waals surface area contributed by atoms with Crippen LogP contribution in [-0.2, 0) is 24.4 Å². The zero-order valence-corrected chi connectivity index (χ0v) is 34.8. The summed E-state index contributed by atoms with van der Waals surface area (Å²) in [7, 11) is 1.40. The van der Waals surface area contributed by atoms with E-state index in [0.717, 1.165) is 17.5 Å². The molecule has 0 spiro atoms. The highest BCUT2D eigenvalue weighted by molar-refractivity contribution is 7.91. The van der Waals surface area contributed by atoms with Gasteiger partial charge in [-0.05, 0) is 111 Å². The van der Waals surface area contributed by atoms with Gasteiger partial charge in [0.05, 0.1) is 18.4 Å². The summed E-state index contributed by atoms with van der Waals surface area (Å²) in [6.45, 7) is 5.63. The summed E-state index contributed by atoms with van der Waals surface area (Å²) >= 11 is 0. The minimum absolute atomic E-state index is 0.00736. The average Bonchev–Trinajstić information content (AvgIpc) is 4.08. The molecule has 15 heteroatoms. The van der Waals surface area contributed by atoms with E-state index in [0.29, 0.717) is 48.3 Å². The maximum Gasteiger partial charge on any atom is 0.259 e. The first-order chi connectivity index (χ1) is 27.5. The third-order valence-electron chi connectivity index (χ3n) is 12.4. The molecule has 2 aromatic carbocycles. The van der Waals surface area contributed by atoms with Crippen LogP contribution in [0.3, 0.4) is 0 Å². The van der Waals surface area contributed by atoms with Gasteiger partial charge in [0.1, 0.15) is 29.5 Å². The Balaban J connectivity index is 1.23. The van der Waals surface area contributed by atoms with E-state index in [9.17, 15) is 27.6 Å². The predicted octanol–water partition coefficient (Wildman–Crippen LogP) is 4.34. The maximum atomic E-state index is 15.0. The van der Waals surface area contributed by atoms with Crippen LogP contribution in [0.25, 0.3) is 10.8 Å². The second kappa shape index (κ2) is 15.9. The van der Waals surface area contributed by atoms with Gasteiger partial charge in [-0.2, -0.15) is 0 Å². The summed E-state index contributed by atoms with van der Waals surface area (Å²) in [4.78, 5) is 65.3. The lowest BCUT2D eigenvalue weighted by molar-refractivity contribution is -0.142. The first-order valence-corrected chi connectivity index (χ1v) is 21.6. The van der Waals surface area contributed by atoms with Crippen LogP contribution in [-0.4, -0.2) is 98.2 Å². The predicted molar refractivity (Wildman–Crippen MR) is 220 cm³/mol. The fourth-order valence-electron chi connectivity index (χ4n) is 8.24. The Morgan fingerprint density at radius 1 is 1.03 bits per heavy atom. The fraction of sp³-hybridized carbons (Fsp3) is 0.512. The van der Waals surface area contributed by atoms with E-state index in [-0.39, 0.29) is 31.2 Å². The lowest BCUT2D eigenvalue weighted by atomic mass is 9.87. The van der Waals surface area contributed by atoms with Gasteiger partial charge in [-0.3, -0.25) is 23.9 Å². The standard InChI is InChI=1S/C43H54N6O8S/c1-26-9-7-8-10-30-24-43(30,41(53)47-58(54,55)42(3)18-19-42)46-38(51)35-23-33(57-39-34-16-15-32(56-6)22-29(34)17-20-44-39)25-49(35)40(52)36(27(2)21-26)45-37(50)28-11-13-31(14-12-28)48(4)5/h8,10-17,20,22,26-27,30,33,35-36H,7,9,18-19,21,23-25H2,1-6H3,(H,45,50)(H,46,51)(H,47,53)/b10-8-/t26-,27-,30-,33-,35?,36+,43-/m1/s1. The SMILES string of the molecule is COc1ccc2c(O[C@@H]3CC4C(=O)N[C@]5(C(=O)NS(=O)(=O)C6(C)CC6)C[C@H]5/C=C\CC[C@@H](C)C[C@@H](C)[C@H](NC(=O)c5ccc(N(C)C)cc5)C(=O)N4C3)nccc2c1. The normalized spacial score (nSPS) is 28.8. The van der Waals surface area contributed by atoms with Gasteiger partial charge >= 0.3 is 0 Å². The van der Waals surface area contributed by atoms with Crippen LogP contribution in [0.5, 0.6) is 11.6 Å². The summed E-state index contributed by atoms with van der Waals surface area (Å²) in [6.07, 6.45) is 7.98. The molecule has 0 bridgehead atoms. The monoisotopic (exact) mass is 814 g/mol. The summed E-state index contributed by atoms with van der Waals surface area (Å²) in [5.74, 6) is -1.91. The Morgan fingerprint density at radius 3 is 2.47 bits per heavy atom. The number of anilines is 1. The van der Waals surface area contributed by atoms with Crippen molar-refractivity contribution in [2.75, 3.05) is 32.6 Å². The van der Waals surface area contributed by atoms with Crippen molar-refractivity contribution in [2.24, 2.45) is 17.8 Å². The average molecular weight is 815 g/mol. The van der Waals surface area contributed by atoms with Crippen molar-refractivity contribution in [1.29, 1.82) is 0 Å². The van der Waals surface area contributed by atoms with Crippen LogP contribution < -0.4 is 29.7 Å². The van der Waals surface area contributed by atoms with Gasteiger partial charge < -0.3 is 29.9 Å². The number of benzene rings is 2. The molecule has 4 amide bonds. The molecule has 1 saturated heterocycles. The highest BCUT2D eigenvalue weighted by atomic mass is 32.2. The van der Waals surface area contributed by atoms with Gasteiger partial charge in [0.2, 0.25) is 27.7 Å². The summed E-state index contributed by atoms with van der Waals surface area (Å²) in [5.41, 5.74) is -0.224. The Hall–Kier alpha value is -5.18. The lowest BCUT2D eigenvalue weighted by Gasteiger charge is -2.33. The van der Waals surface area contributed by atoms with Crippen molar-refractivity contribution in [3.63, 3.8) is 0 Å². The molecule has 310 valence electrons. The minimum Gasteiger partial charge on any atom is -0.497 e. The zero-order valence-electron chi connectivity index (χ0n) is 34.0. The quantitative estimate of drug-likeness (QED) is 0.264. The van der Waals surface area contributed by atoms with E-state index < -0.39 is 68.0 Å². The smallest absolute Gasteiger partial charge is 0.259 e. The van der Waals surface area contributed by atoms with Crippen LogP contribution in [0.2, 0.25) is 0 Å². The Labute approximate surface area is 340 Å². The number of hydrogen-bond donors (Lipinski definition) is 3. The third kappa shape index (κ3) is 8.23. The molecule has 2 saturated carbocycles. The largest absolute Gasteiger partial charge is 0.497 e. The number of sulfonamides is 1. The number of amides is 4. The summed E-state index contributed by atoms with van der Waals surface area (Å²) in [6, 6.07) is 12.3. The number of nitrogens with zero attached hydrogens (tertiary/aromatic N) is 3. The van der Waals surface area contributed by atoms with Crippen molar-refractivity contribution in [2.45, 2.75) is 94.2 Å². The molecule has 3 N–H and O–H groups in total. The van der Waals surface area contributed by atoms with Gasteiger partial charge in [0.25, 0.3) is 11.8 Å². The molecule has 4 aliphatic rings. The second-order valence-electron chi connectivity index (χ2n) is 17.1. The van der Waals surface area contributed by atoms with Crippen molar-refractivity contribution in [3.05, 3.63) is 72.4 Å². The number of fused-ring (bicyclic) bond motifs is 3. The number of aromatic nitrogens is 1. The first kappa shape index (κ1) is 41.0.